The summed E-state index contributed by atoms with van der Waals surface area (Å²) in [5, 5.41) is 5.76. The SMILES string of the molecule is O=C(Nc1c(-c2cc(F)ccc2F)ncnc1C1CCC(F)(F)CO1)c1cnn(C(F)F)c1. The highest BCUT2D eigenvalue weighted by molar-refractivity contribution is 6.06. The van der Waals surface area contributed by atoms with Crippen molar-refractivity contribution in [3.05, 3.63) is 59.8 Å². The van der Waals surface area contributed by atoms with Gasteiger partial charge in [0.1, 0.15) is 36.4 Å². The number of aromatic nitrogens is 4. The maximum atomic E-state index is 14.5. The van der Waals surface area contributed by atoms with Crippen molar-refractivity contribution in [2.45, 2.75) is 31.4 Å². The first-order valence-electron chi connectivity index (χ1n) is 9.58. The van der Waals surface area contributed by atoms with Crippen molar-refractivity contribution < 1.29 is 35.9 Å². The number of carbonyl (C=O) groups is 1. The molecule has 13 heteroatoms. The molecule has 1 unspecified atom stereocenters. The van der Waals surface area contributed by atoms with Crippen LogP contribution in [0.15, 0.2) is 36.9 Å². The third-order valence-electron chi connectivity index (χ3n) is 4.94. The lowest BCUT2D eigenvalue weighted by Gasteiger charge is -2.29. The third kappa shape index (κ3) is 4.82. The molecule has 3 aromatic rings. The number of amides is 1. The van der Waals surface area contributed by atoms with Crippen LogP contribution in [0.5, 0.6) is 0 Å². The van der Waals surface area contributed by atoms with E-state index >= 15 is 0 Å². The van der Waals surface area contributed by atoms with Crippen LogP contribution in [0.25, 0.3) is 11.3 Å². The van der Waals surface area contributed by atoms with Gasteiger partial charge in [0.2, 0.25) is 0 Å². The van der Waals surface area contributed by atoms with Crippen molar-refractivity contribution in [1.82, 2.24) is 19.7 Å². The molecule has 1 aliphatic heterocycles. The highest BCUT2D eigenvalue weighted by Gasteiger charge is 2.38. The van der Waals surface area contributed by atoms with Gasteiger partial charge >= 0.3 is 6.55 Å². The summed E-state index contributed by atoms with van der Waals surface area (Å²) in [7, 11) is 0. The van der Waals surface area contributed by atoms with E-state index < -0.39 is 49.1 Å². The van der Waals surface area contributed by atoms with Gasteiger partial charge in [-0.15, -0.1) is 0 Å². The van der Waals surface area contributed by atoms with Crippen LogP contribution >= 0.6 is 0 Å². The summed E-state index contributed by atoms with van der Waals surface area (Å²) in [6.07, 6.45) is 0.938. The van der Waals surface area contributed by atoms with E-state index in [4.69, 9.17) is 4.74 Å². The number of hydrogen-bond donors (Lipinski definition) is 1. The van der Waals surface area contributed by atoms with Gasteiger partial charge in [-0.25, -0.2) is 32.2 Å². The van der Waals surface area contributed by atoms with Gasteiger partial charge in [0, 0.05) is 18.2 Å². The normalized spacial score (nSPS) is 17.8. The Morgan fingerprint density at radius 1 is 1.24 bits per heavy atom. The molecule has 1 amide bonds. The molecule has 3 heterocycles. The van der Waals surface area contributed by atoms with E-state index in [1.165, 1.54) is 0 Å². The van der Waals surface area contributed by atoms with Crippen LogP contribution in [0.4, 0.5) is 32.0 Å². The van der Waals surface area contributed by atoms with Crippen LogP contribution < -0.4 is 5.32 Å². The van der Waals surface area contributed by atoms with Crippen molar-refractivity contribution in [2.75, 3.05) is 11.9 Å². The lowest BCUT2D eigenvalue weighted by Crippen LogP contribution is -2.31. The van der Waals surface area contributed by atoms with E-state index in [1.54, 1.807) is 0 Å². The highest BCUT2D eigenvalue weighted by Crippen LogP contribution is 2.40. The van der Waals surface area contributed by atoms with Crippen molar-refractivity contribution in [2.24, 2.45) is 0 Å². The molecule has 1 aromatic carbocycles. The minimum atomic E-state index is -3.05. The maximum absolute atomic E-state index is 14.5. The van der Waals surface area contributed by atoms with E-state index in [0.717, 1.165) is 36.9 Å². The molecule has 0 radical (unpaired) electrons. The van der Waals surface area contributed by atoms with Gasteiger partial charge < -0.3 is 10.1 Å². The second-order valence-corrected chi connectivity index (χ2v) is 7.24. The number of ether oxygens (including phenoxy) is 1. The summed E-state index contributed by atoms with van der Waals surface area (Å²) in [5.41, 5.74) is -1.13. The van der Waals surface area contributed by atoms with Gasteiger partial charge in [0.15, 0.2) is 0 Å². The summed E-state index contributed by atoms with van der Waals surface area (Å²) in [6, 6.07) is 2.56. The van der Waals surface area contributed by atoms with Crippen molar-refractivity contribution in [3.8, 4) is 11.3 Å². The highest BCUT2D eigenvalue weighted by atomic mass is 19.3. The van der Waals surface area contributed by atoms with E-state index in [2.05, 4.69) is 20.4 Å². The molecule has 7 nitrogen and oxygen atoms in total. The van der Waals surface area contributed by atoms with Crippen LogP contribution in [0.2, 0.25) is 0 Å². The largest absolute Gasteiger partial charge is 0.366 e. The zero-order chi connectivity index (χ0) is 23.8. The molecule has 174 valence electrons. The fraction of sp³-hybridized carbons (Fsp3) is 0.300. The summed E-state index contributed by atoms with van der Waals surface area (Å²) in [6.45, 7) is -3.89. The second kappa shape index (κ2) is 8.81. The number of nitrogens with zero attached hydrogens (tertiary/aromatic N) is 4. The number of nitrogens with one attached hydrogen (secondary N) is 1. The van der Waals surface area contributed by atoms with Crippen molar-refractivity contribution in [3.63, 3.8) is 0 Å². The van der Waals surface area contributed by atoms with Crippen molar-refractivity contribution >= 4 is 11.6 Å². The molecule has 1 atom stereocenters. The van der Waals surface area contributed by atoms with Crippen molar-refractivity contribution in [1.29, 1.82) is 0 Å². The van der Waals surface area contributed by atoms with E-state index in [0.29, 0.717) is 0 Å². The molecule has 2 aromatic heterocycles. The Balaban J connectivity index is 1.77. The number of rotatable bonds is 5. The van der Waals surface area contributed by atoms with Gasteiger partial charge in [-0.1, -0.05) is 0 Å². The number of hydrogen-bond acceptors (Lipinski definition) is 5. The fourth-order valence-corrected chi connectivity index (χ4v) is 3.33. The second-order valence-electron chi connectivity index (χ2n) is 7.24. The Morgan fingerprint density at radius 2 is 2.03 bits per heavy atom. The van der Waals surface area contributed by atoms with E-state index in [1.807, 2.05) is 0 Å². The summed E-state index contributed by atoms with van der Waals surface area (Å²) in [4.78, 5) is 20.7. The smallest absolute Gasteiger partial charge is 0.333 e. The number of halogens is 6. The zero-order valence-electron chi connectivity index (χ0n) is 16.6. The maximum Gasteiger partial charge on any atom is 0.333 e. The standard InChI is InChI=1S/C20H15F6N5O2/c21-11-1-2-13(22)12(5-11)15-17(30-18(32)10-6-29-31(7-10)19(23)24)16(28-9-27-15)14-3-4-20(25,26)8-33-14/h1-2,5-7,9,14,19H,3-4,8H2,(H,30,32). The summed E-state index contributed by atoms with van der Waals surface area (Å²) in [5.74, 6) is -5.65. The molecule has 4 rings (SSSR count). The van der Waals surface area contributed by atoms with Gasteiger partial charge in [-0.2, -0.15) is 13.9 Å². The minimum Gasteiger partial charge on any atom is -0.366 e. The monoisotopic (exact) mass is 471 g/mol. The Morgan fingerprint density at radius 3 is 2.70 bits per heavy atom. The van der Waals surface area contributed by atoms with Gasteiger partial charge in [0.25, 0.3) is 11.8 Å². The Labute approximate surface area is 182 Å². The number of alkyl halides is 4. The van der Waals surface area contributed by atoms with Gasteiger partial charge in [-0.3, -0.25) is 4.79 Å². The first kappa shape index (κ1) is 22.7. The predicted octanol–water partition coefficient (Wildman–Crippen LogP) is 4.75. The Hall–Kier alpha value is -3.48. The molecule has 0 aliphatic carbocycles. The first-order chi connectivity index (χ1) is 15.6. The fourth-order valence-electron chi connectivity index (χ4n) is 3.33. The van der Waals surface area contributed by atoms with Crippen LogP contribution in [0.3, 0.4) is 0 Å². The quantitative estimate of drug-likeness (QED) is 0.543. The molecule has 0 spiro atoms. The first-order valence-corrected chi connectivity index (χ1v) is 9.58. The lowest BCUT2D eigenvalue weighted by molar-refractivity contribution is -0.146. The Kier molecular flexibility index (Phi) is 6.06. The molecule has 0 saturated carbocycles. The predicted molar refractivity (Wildman–Crippen MR) is 102 cm³/mol. The zero-order valence-corrected chi connectivity index (χ0v) is 16.6. The molecule has 0 bridgehead atoms. The molecule has 1 saturated heterocycles. The number of benzene rings is 1. The lowest BCUT2D eigenvalue weighted by atomic mass is 10.00. The molecule has 1 N–H and O–H groups in total. The van der Waals surface area contributed by atoms with Crippen LogP contribution in [-0.4, -0.2) is 38.2 Å². The average molecular weight is 471 g/mol. The van der Waals surface area contributed by atoms with Crippen LogP contribution in [0.1, 0.15) is 41.5 Å². The van der Waals surface area contributed by atoms with E-state index in [9.17, 15) is 31.1 Å². The molecule has 33 heavy (non-hydrogen) atoms. The molecule has 1 aliphatic rings. The van der Waals surface area contributed by atoms with Gasteiger partial charge in [0.05, 0.1) is 23.1 Å². The number of carbonyl (C=O) groups excluding carboxylic acids is 1. The van der Waals surface area contributed by atoms with Crippen LogP contribution in [0, 0.1) is 11.6 Å². The molecular formula is C20H15F6N5O2. The van der Waals surface area contributed by atoms with Gasteiger partial charge in [-0.05, 0) is 24.6 Å². The summed E-state index contributed by atoms with van der Waals surface area (Å²) < 4.78 is 86.5. The number of anilines is 1. The topological polar surface area (TPSA) is 81.9 Å². The molecule has 1 fully saturated rings. The van der Waals surface area contributed by atoms with E-state index in [-0.39, 0.29) is 39.3 Å². The van der Waals surface area contributed by atoms with Crippen LogP contribution in [-0.2, 0) is 4.74 Å². The summed E-state index contributed by atoms with van der Waals surface area (Å²) >= 11 is 0. The molecular weight excluding hydrogens is 456 g/mol. The average Bonchev–Trinajstić information content (AvgIpc) is 3.27. The minimum absolute atomic E-state index is 0.0474. The Bertz CT molecular complexity index is 1180. The third-order valence-corrected chi connectivity index (χ3v) is 4.94.